The molecule has 0 bridgehead atoms. The Morgan fingerprint density at radius 1 is 1.17 bits per heavy atom. The zero-order chi connectivity index (χ0) is 9.30. The number of hydrogen-bond acceptors (Lipinski definition) is 3. The van der Waals surface area contributed by atoms with Gasteiger partial charge in [0.2, 0.25) is 0 Å². The van der Waals surface area contributed by atoms with E-state index in [-0.39, 0.29) is 0 Å². The SMILES string of the molecule is COc1c(Br)cc(Br)c(N)c1N. The fourth-order valence-electron chi connectivity index (χ4n) is 0.842. The van der Waals surface area contributed by atoms with E-state index in [4.69, 9.17) is 16.2 Å². The molecule has 0 aliphatic carbocycles. The fraction of sp³-hybridized carbons (Fsp3) is 0.143. The quantitative estimate of drug-likeness (QED) is 0.782. The van der Waals surface area contributed by atoms with E-state index in [1.165, 1.54) is 0 Å². The number of methoxy groups -OCH3 is 1. The van der Waals surface area contributed by atoms with Gasteiger partial charge in [0.05, 0.1) is 23.0 Å². The summed E-state index contributed by atoms with van der Waals surface area (Å²) in [6.45, 7) is 0. The Balaban J connectivity index is 3.40. The highest BCUT2D eigenvalue weighted by molar-refractivity contribution is 9.11. The first kappa shape index (κ1) is 9.67. The number of rotatable bonds is 1. The van der Waals surface area contributed by atoms with Crippen LogP contribution in [0.5, 0.6) is 5.75 Å². The zero-order valence-electron chi connectivity index (χ0n) is 6.40. The highest BCUT2D eigenvalue weighted by atomic mass is 79.9. The number of benzene rings is 1. The molecule has 66 valence electrons. The Morgan fingerprint density at radius 2 is 1.75 bits per heavy atom. The molecule has 0 aromatic heterocycles. The van der Waals surface area contributed by atoms with Crippen molar-refractivity contribution in [1.29, 1.82) is 0 Å². The second-order valence-electron chi connectivity index (χ2n) is 2.20. The summed E-state index contributed by atoms with van der Waals surface area (Å²) in [4.78, 5) is 0. The first-order valence-corrected chi connectivity index (χ1v) is 4.73. The lowest BCUT2D eigenvalue weighted by Gasteiger charge is -2.10. The highest BCUT2D eigenvalue weighted by Gasteiger charge is 2.10. The van der Waals surface area contributed by atoms with Gasteiger partial charge < -0.3 is 16.2 Å². The summed E-state index contributed by atoms with van der Waals surface area (Å²) in [7, 11) is 1.55. The Morgan fingerprint density at radius 3 is 2.25 bits per heavy atom. The van der Waals surface area contributed by atoms with Crippen LogP contribution in [0.25, 0.3) is 0 Å². The van der Waals surface area contributed by atoms with E-state index in [2.05, 4.69) is 31.9 Å². The summed E-state index contributed by atoms with van der Waals surface area (Å²) >= 11 is 6.57. The van der Waals surface area contributed by atoms with Crippen LogP contribution in [0.15, 0.2) is 15.0 Å². The van der Waals surface area contributed by atoms with Crippen LogP contribution in [-0.4, -0.2) is 7.11 Å². The Kier molecular flexibility index (Phi) is 2.85. The van der Waals surface area contributed by atoms with Gasteiger partial charge in [-0.3, -0.25) is 0 Å². The molecule has 12 heavy (non-hydrogen) atoms. The topological polar surface area (TPSA) is 61.3 Å². The predicted molar refractivity (Wildman–Crippen MR) is 57.2 cm³/mol. The largest absolute Gasteiger partial charge is 0.493 e. The standard InChI is InChI=1S/C7H8Br2N2O/c1-12-7-4(9)2-3(8)5(10)6(7)11/h2H,10-11H2,1H3. The molecular formula is C7H8Br2N2O. The maximum Gasteiger partial charge on any atom is 0.158 e. The first-order chi connectivity index (χ1) is 5.57. The number of nitrogens with two attached hydrogens (primary N) is 2. The lowest BCUT2D eigenvalue weighted by Crippen LogP contribution is -1.99. The van der Waals surface area contributed by atoms with Crippen molar-refractivity contribution in [3.05, 3.63) is 15.0 Å². The molecule has 0 fully saturated rings. The molecule has 3 nitrogen and oxygen atoms in total. The number of anilines is 2. The molecule has 0 heterocycles. The minimum absolute atomic E-state index is 0.443. The van der Waals surface area contributed by atoms with Gasteiger partial charge >= 0.3 is 0 Å². The van der Waals surface area contributed by atoms with Crippen molar-refractivity contribution in [2.75, 3.05) is 18.6 Å². The van der Waals surface area contributed by atoms with Gasteiger partial charge in [-0.05, 0) is 37.9 Å². The van der Waals surface area contributed by atoms with Crippen molar-refractivity contribution < 1.29 is 4.74 Å². The Hall–Kier alpha value is -0.420. The minimum atomic E-state index is 0.443. The Bertz CT molecular complexity index is 315. The normalized spacial score (nSPS) is 9.92. The van der Waals surface area contributed by atoms with Crippen molar-refractivity contribution in [2.24, 2.45) is 0 Å². The molecule has 1 aromatic rings. The van der Waals surface area contributed by atoms with Crippen LogP contribution >= 0.6 is 31.9 Å². The van der Waals surface area contributed by atoms with E-state index in [1.54, 1.807) is 13.2 Å². The maximum atomic E-state index is 5.68. The molecule has 0 atom stereocenters. The van der Waals surface area contributed by atoms with Crippen LogP contribution in [0, 0.1) is 0 Å². The summed E-state index contributed by atoms with van der Waals surface area (Å²) in [5.41, 5.74) is 12.3. The molecule has 4 N–H and O–H groups in total. The highest BCUT2D eigenvalue weighted by Crippen LogP contribution is 2.39. The predicted octanol–water partition coefficient (Wildman–Crippen LogP) is 2.38. The van der Waals surface area contributed by atoms with Crippen LogP contribution in [0.1, 0.15) is 0 Å². The molecule has 0 unspecified atom stereocenters. The number of nitrogen functional groups attached to an aromatic ring is 2. The van der Waals surface area contributed by atoms with Gasteiger partial charge in [-0.25, -0.2) is 0 Å². The van der Waals surface area contributed by atoms with Crippen molar-refractivity contribution in [2.45, 2.75) is 0 Å². The lowest BCUT2D eigenvalue weighted by atomic mass is 10.2. The van der Waals surface area contributed by atoms with Gasteiger partial charge in [0, 0.05) is 4.47 Å². The average molecular weight is 296 g/mol. The van der Waals surface area contributed by atoms with Crippen molar-refractivity contribution in [3.63, 3.8) is 0 Å². The van der Waals surface area contributed by atoms with Gasteiger partial charge in [0.15, 0.2) is 5.75 Å². The van der Waals surface area contributed by atoms with Crippen molar-refractivity contribution in [1.82, 2.24) is 0 Å². The second-order valence-corrected chi connectivity index (χ2v) is 3.91. The number of hydrogen-bond donors (Lipinski definition) is 2. The van der Waals surface area contributed by atoms with Crippen LogP contribution < -0.4 is 16.2 Å². The van der Waals surface area contributed by atoms with Gasteiger partial charge in [-0.1, -0.05) is 0 Å². The van der Waals surface area contributed by atoms with Crippen LogP contribution in [0.4, 0.5) is 11.4 Å². The minimum Gasteiger partial charge on any atom is -0.493 e. The molecule has 1 rings (SSSR count). The van der Waals surface area contributed by atoms with Crippen LogP contribution in [-0.2, 0) is 0 Å². The number of halogens is 2. The van der Waals surface area contributed by atoms with Gasteiger partial charge in [-0.2, -0.15) is 0 Å². The molecule has 0 saturated carbocycles. The summed E-state index contributed by atoms with van der Waals surface area (Å²) < 4.78 is 6.58. The molecule has 0 spiro atoms. The zero-order valence-corrected chi connectivity index (χ0v) is 9.57. The molecule has 0 saturated heterocycles. The van der Waals surface area contributed by atoms with Crippen LogP contribution in [0.2, 0.25) is 0 Å². The summed E-state index contributed by atoms with van der Waals surface area (Å²) in [5.74, 6) is 0.565. The summed E-state index contributed by atoms with van der Waals surface area (Å²) in [5, 5.41) is 0. The van der Waals surface area contributed by atoms with E-state index in [0.717, 1.165) is 8.95 Å². The molecule has 0 radical (unpaired) electrons. The van der Waals surface area contributed by atoms with Crippen molar-refractivity contribution >= 4 is 43.2 Å². The fourth-order valence-corrected chi connectivity index (χ4v) is 2.20. The van der Waals surface area contributed by atoms with E-state index in [9.17, 15) is 0 Å². The maximum absolute atomic E-state index is 5.68. The average Bonchev–Trinajstić information content (AvgIpc) is 2.01. The molecule has 5 heteroatoms. The third-order valence-corrected chi connectivity index (χ3v) is 2.71. The van der Waals surface area contributed by atoms with E-state index in [1.807, 2.05) is 0 Å². The summed E-state index contributed by atoms with van der Waals surface area (Å²) in [6, 6.07) is 1.80. The molecule has 0 aliphatic rings. The Labute approximate surface area is 87.3 Å². The third-order valence-electron chi connectivity index (χ3n) is 1.47. The van der Waals surface area contributed by atoms with Gasteiger partial charge in [0.25, 0.3) is 0 Å². The lowest BCUT2D eigenvalue weighted by molar-refractivity contribution is 0.414. The molecule has 0 amide bonds. The summed E-state index contributed by atoms with van der Waals surface area (Å²) in [6.07, 6.45) is 0. The van der Waals surface area contributed by atoms with Gasteiger partial charge in [0.1, 0.15) is 0 Å². The van der Waals surface area contributed by atoms with Gasteiger partial charge in [-0.15, -0.1) is 0 Å². The van der Waals surface area contributed by atoms with E-state index in [0.29, 0.717) is 17.1 Å². The first-order valence-electron chi connectivity index (χ1n) is 3.15. The van der Waals surface area contributed by atoms with E-state index >= 15 is 0 Å². The van der Waals surface area contributed by atoms with Crippen LogP contribution in [0.3, 0.4) is 0 Å². The van der Waals surface area contributed by atoms with E-state index < -0.39 is 0 Å². The van der Waals surface area contributed by atoms with Crippen molar-refractivity contribution in [3.8, 4) is 5.75 Å². The second kappa shape index (κ2) is 3.53. The monoisotopic (exact) mass is 294 g/mol. The number of ether oxygens (including phenoxy) is 1. The molecule has 1 aromatic carbocycles. The third kappa shape index (κ3) is 1.51. The molecular weight excluding hydrogens is 288 g/mol. The smallest absolute Gasteiger partial charge is 0.158 e. The molecule has 0 aliphatic heterocycles.